The third kappa shape index (κ3) is 1.18. The average molecular weight is 270 g/mol. The molecule has 2 nitrogen and oxygen atoms in total. The second-order valence-electron chi connectivity index (χ2n) is 2.65. The minimum atomic E-state index is 1.05. The van der Waals surface area contributed by atoms with E-state index in [9.17, 15) is 0 Å². The molecule has 0 spiro atoms. The normalized spacial score (nSPS) is 10.5. The minimum Gasteiger partial charge on any atom is -0.244 e. The number of halogens is 1. The van der Waals surface area contributed by atoms with Gasteiger partial charge < -0.3 is 0 Å². The van der Waals surface area contributed by atoms with Gasteiger partial charge >= 0.3 is 0 Å². The summed E-state index contributed by atoms with van der Waals surface area (Å²) in [4.78, 5) is 8.22. The van der Waals surface area contributed by atoms with E-state index >= 15 is 0 Å². The molecule has 0 unspecified atom stereocenters. The quantitative estimate of drug-likeness (QED) is 0.687. The van der Waals surface area contributed by atoms with E-state index < -0.39 is 0 Å². The van der Waals surface area contributed by atoms with Crippen molar-refractivity contribution >= 4 is 33.5 Å². The zero-order valence-corrected chi connectivity index (χ0v) is 8.74. The first-order chi connectivity index (χ1) is 5.79. The molecule has 0 radical (unpaired) electrons. The number of aryl methyl sites for hydroxylation is 1. The number of hydrogen-bond acceptors (Lipinski definition) is 2. The van der Waals surface area contributed by atoms with E-state index in [1.165, 1.54) is 9.13 Å². The van der Waals surface area contributed by atoms with Crippen molar-refractivity contribution in [2.45, 2.75) is 6.92 Å². The molecule has 0 saturated carbocycles. The molecule has 0 bridgehead atoms. The average Bonchev–Trinajstić information content (AvgIpc) is 2.12. The van der Waals surface area contributed by atoms with E-state index in [-0.39, 0.29) is 0 Å². The highest BCUT2D eigenvalue weighted by Crippen LogP contribution is 2.20. The second-order valence-corrected chi connectivity index (χ2v) is 3.81. The van der Waals surface area contributed by atoms with Crippen LogP contribution in [0.1, 0.15) is 5.56 Å². The minimum absolute atomic E-state index is 1.05. The van der Waals surface area contributed by atoms with E-state index in [1.54, 1.807) is 6.33 Å². The van der Waals surface area contributed by atoms with E-state index in [0.717, 1.165) is 10.9 Å². The Kier molecular flexibility index (Phi) is 1.96. The summed E-state index contributed by atoms with van der Waals surface area (Å²) in [5.74, 6) is 0. The van der Waals surface area contributed by atoms with Gasteiger partial charge in [0.15, 0.2) is 0 Å². The molecule has 1 aromatic heterocycles. The third-order valence-corrected chi connectivity index (χ3v) is 2.71. The third-order valence-electron chi connectivity index (χ3n) is 1.84. The van der Waals surface area contributed by atoms with Crippen LogP contribution in [0.5, 0.6) is 0 Å². The molecule has 0 aliphatic rings. The molecule has 12 heavy (non-hydrogen) atoms. The first-order valence-electron chi connectivity index (χ1n) is 3.64. The maximum absolute atomic E-state index is 4.22. The van der Waals surface area contributed by atoms with Crippen LogP contribution in [0.15, 0.2) is 24.7 Å². The van der Waals surface area contributed by atoms with Gasteiger partial charge in [0.05, 0.1) is 5.52 Å². The van der Waals surface area contributed by atoms with Gasteiger partial charge in [-0.05, 0) is 41.1 Å². The summed E-state index contributed by atoms with van der Waals surface area (Å²) in [5.41, 5.74) is 2.27. The van der Waals surface area contributed by atoms with Gasteiger partial charge in [-0.1, -0.05) is 6.07 Å². The lowest BCUT2D eigenvalue weighted by Crippen LogP contribution is -1.86. The number of nitrogens with zero attached hydrogens (tertiary/aromatic N) is 2. The van der Waals surface area contributed by atoms with Gasteiger partial charge in [-0.2, -0.15) is 0 Å². The van der Waals surface area contributed by atoms with Crippen LogP contribution in [0.25, 0.3) is 10.9 Å². The fourth-order valence-electron chi connectivity index (χ4n) is 1.18. The molecule has 0 aliphatic carbocycles. The van der Waals surface area contributed by atoms with Crippen molar-refractivity contribution in [1.29, 1.82) is 0 Å². The highest BCUT2D eigenvalue weighted by atomic mass is 127. The summed E-state index contributed by atoms with van der Waals surface area (Å²) in [7, 11) is 0. The predicted octanol–water partition coefficient (Wildman–Crippen LogP) is 2.54. The number of rotatable bonds is 0. The van der Waals surface area contributed by atoms with E-state index in [2.05, 4.69) is 51.6 Å². The molecule has 1 heterocycles. The zero-order chi connectivity index (χ0) is 8.55. The molecule has 2 rings (SSSR count). The standard InChI is InChI=1S/C9H7IN2/c1-6-2-3-8(10)9-7(6)4-11-5-12-9/h2-5H,1H3. The first-order valence-corrected chi connectivity index (χ1v) is 4.72. The van der Waals surface area contributed by atoms with Crippen molar-refractivity contribution in [2.75, 3.05) is 0 Å². The fourth-order valence-corrected chi connectivity index (χ4v) is 1.78. The largest absolute Gasteiger partial charge is 0.244 e. The maximum atomic E-state index is 4.22. The molecule has 2 aromatic rings. The van der Waals surface area contributed by atoms with E-state index in [1.807, 2.05) is 6.20 Å². The molecular formula is C9H7IN2. The van der Waals surface area contributed by atoms with E-state index in [4.69, 9.17) is 0 Å². The lowest BCUT2D eigenvalue weighted by Gasteiger charge is -2.00. The molecule has 0 aliphatic heterocycles. The summed E-state index contributed by atoms with van der Waals surface area (Å²) in [5, 5.41) is 1.14. The highest BCUT2D eigenvalue weighted by Gasteiger charge is 2.00. The monoisotopic (exact) mass is 270 g/mol. The van der Waals surface area contributed by atoms with Crippen LogP contribution in [-0.4, -0.2) is 9.97 Å². The van der Waals surface area contributed by atoms with Crippen LogP contribution in [-0.2, 0) is 0 Å². The molecular weight excluding hydrogens is 263 g/mol. The van der Waals surface area contributed by atoms with Gasteiger partial charge in [-0.25, -0.2) is 9.97 Å². The Morgan fingerprint density at radius 2 is 2.17 bits per heavy atom. The Hall–Kier alpha value is -0.710. The highest BCUT2D eigenvalue weighted by molar-refractivity contribution is 14.1. The smallest absolute Gasteiger partial charge is 0.116 e. The van der Waals surface area contributed by atoms with E-state index in [0.29, 0.717) is 0 Å². The SMILES string of the molecule is Cc1ccc(I)c2ncncc12. The Labute approximate surface area is 84.2 Å². The number of fused-ring (bicyclic) bond motifs is 1. The molecule has 0 fully saturated rings. The van der Waals surface area contributed by atoms with Crippen molar-refractivity contribution in [3.8, 4) is 0 Å². The molecule has 0 atom stereocenters. The molecule has 0 N–H and O–H groups in total. The van der Waals surface area contributed by atoms with Crippen LogP contribution in [0.3, 0.4) is 0 Å². The van der Waals surface area contributed by atoms with Gasteiger partial charge in [0.2, 0.25) is 0 Å². The lowest BCUT2D eigenvalue weighted by molar-refractivity contribution is 1.21. The second kappa shape index (κ2) is 2.97. The Bertz CT molecular complexity index is 385. The van der Waals surface area contributed by atoms with Gasteiger partial charge in [0.25, 0.3) is 0 Å². The number of aromatic nitrogens is 2. The summed E-state index contributed by atoms with van der Waals surface area (Å²) in [6.07, 6.45) is 3.45. The first kappa shape index (κ1) is 7.91. The molecule has 60 valence electrons. The topological polar surface area (TPSA) is 25.8 Å². The van der Waals surface area contributed by atoms with Crippen molar-refractivity contribution in [3.63, 3.8) is 0 Å². The molecule has 0 amide bonds. The summed E-state index contributed by atoms with van der Waals surface area (Å²) < 4.78 is 1.18. The van der Waals surface area contributed by atoms with Crippen LogP contribution in [0, 0.1) is 10.5 Å². The van der Waals surface area contributed by atoms with Gasteiger partial charge in [-0.15, -0.1) is 0 Å². The van der Waals surface area contributed by atoms with Gasteiger partial charge in [0.1, 0.15) is 6.33 Å². The number of benzene rings is 1. The molecule has 0 saturated heterocycles. The van der Waals surface area contributed by atoms with Crippen molar-refractivity contribution in [2.24, 2.45) is 0 Å². The summed E-state index contributed by atoms with van der Waals surface area (Å²) >= 11 is 2.28. The molecule has 3 heteroatoms. The number of hydrogen-bond donors (Lipinski definition) is 0. The summed E-state index contributed by atoms with van der Waals surface area (Å²) in [6, 6.07) is 4.17. The van der Waals surface area contributed by atoms with Gasteiger partial charge in [-0.3, -0.25) is 0 Å². The van der Waals surface area contributed by atoms with Crippen molar-refractivity contribution in [1.82, 2.24) is 9.97 Å². The Balaban J connectivity index is 2.95. The lowest BCUT2D eigenvalue weighted by atomic mass is 10.1. The van der Waals surface area contributed by atoms with Gasteiger partial charge in [0, 0.05) is 15.2 Å². The Morgan fingerprint density at radius 1 is 1.33 bits per heavy atom. The van der Waals surface area contributed by atoms with Crippen LogP contribution >= 0.6 is 22.6 Å². The van der Waals surface area contributed by atoms with Crippen LogP contribution in [0.4, 0.5) is 0 Å². The van der Waals surface area contributed by atoms with Crippen molar-refractivity contribution < 1.29 is 0 Å². The summed E-state index contributed by atoms with van der Waals surface area (Å²) in [6.45, 7) is 2.07. The van der Waals surface area contributed by atoms with Crippen molar-refractivity contribution in [3.05, 3.63) is 33.8 Å². The van der Waals surface area contributed by atoms with Crippen LogP contribution < -0.4 is 0 Å². The Morgan fingerprint density at radius 3 is 2.92 bits per heavy atom. The fraction of sp³-hybridized carbons (Fsp3) is 0.111. The van der Waals surface area contributed by atoms with Crippen LogP contribution in [0.2, 0.25) is 0 Å². The molecule has 1 aromatic carbocycles. The maximum Gasteiger partial charge on any atom is 0.116 e. The predicted molar refractivity (Wildman–Crippen MR) is 57.0 cm³/mol. The zero-order valence-electron chi connectivity index (χ0n) is 6.58.